The quantitative estimate of drug-likeness (QED) is 0.859. The molecular formula is C15H16N2O2S. The molecule has 0 aliphatic heterocycles. The third-order valence-electron chi connectivity index (χ3n) is 2.68. The SMILES string of the molecule is COc1ccc(NC(=O)CSc2ccccc2C)cn1. The van der Waals surface area contributed by atoms with E-state index in [9.17, 15) is 4.79 Å². The number of methoxy groups -OCH3 is 1. The van der Waals surface area contributed by atoms with E-state index >= 15 is 0 Å². The van der Waals surface area contributed by atoms with Gasteiger partial charge in [0.15, 0.2) is 0 Å². The van der Waals surface area contributed by atoms with Crippen LogP contribution in [0.3, 0.4) is 0 Å². The van der Waals surface area contributed by atoms with Crippen LogP contribution in [0, 0.1) is 6.92 Å². The van der Waals surface area contributed by atoms with E-state index in [-0.39, 0.29) is 5.91 Å². The fourth-order valence-electron chi connectivity index (χ4n) is 1.63. The van der Waals surface area contributed by atoms with E-state index in [4.69, 9.17) is 4.74 Å². The van der Waals surface area contributed by atoms with Crippen molar-refractivity contribution in [3.05, 3.63) is 48.2 Å². The lowest BCUT2D eigenvalue weighted by molar-refractivity contribution is -0.113. The van der Waals surface area contributed by atoms with E-state index in [2.05, 4.69) is 10.3 Å². The van der Waals surface area contributed by atoms with E-state index in [1.165, 1.54) is 17.3 Å². The summed E-state index contributed by atoms with van der Waals surface area (Å²) in [5.74, 6) is 0.846. The summed E-state index contributed by atoms with van der Waals surface area (Å²) in [5, 5.41) is 2.81. The van der Waals surface area contributed by atoms with E-state index in [0.717, 1.165) is 4.90 Å². The van der Waals surface area contributed by atoms with Gasteiger partial charge in [-0.1, -0.05) is 18.2 Å². The van der Waals surface area contributed by atoms with Gasteiger partial charge in [-0.15, -0.1) is 11.8 Å². The molecule has 1 aromatic carbocycles. The summed E-state index contributed by atoms with van der Waals surface area (Å²) in [6, 6.07) is 11.5. The average molecular weight is 288 g/mol. The number of carbonyl (C=O) groups is 1. The van der Waals surface area contributed by atoms with E-state index < -0.39 is 0 Å². The van der Waals surface area contributed by atoms with Gasteiger partial charge in [0.1, 0.15) is 0 Å². The lowest BCUT2D eigenvalue weighted by Crippen LogP contribution is -2.14. The minimum absolute atomic E-state index is 0.0507. The molecule has 5 heteroatoms. The number of aryl methyl sites for hydroxylation is 1. The molecule has 0 spiro atoms. The van der Waals surface area contributed by atoms with Gasteiger partial charge in [0, 0.05) is 11.0 Å². The number of pyridine rings is 1. The maximum atomic E-state index is 11.9. The summed E-state index contributed by atoms with van der Waals surface area (Å²) in [6.07, 6.45) is 1.58. The van der Waals surface area contributed by atoms with Gasteiger partial charge in [0.25, 0.3) is 0 Å². The zero-order valence-corrected chi connectivity index (χ0v) is 12.2. The molecule has 20 heavy (non-hydrogen) atoms. The first-order valence-corrected chi connectivity index (χ1v) is 7.16. The number of amides is 1. The Bertz CT molecular complexity index is 585. The maximum absolute atomic E-state index is 11.9. The van der Waals surface area contributed by atoms with Crippen molar-refractivity contribution < 1.29 is 9.53 Å². The van der Waals surface area contributed by atoms with Crippen LogP contribution in [0.15, 0.2) is 47.5 Å². The zero-order valence-electron chi connectivity index (χ0n) is 11.4. The number of nitrogens with zero attached hydrogens (tertiary/aromatic N) is 1. The molecule has 1 heterocycles. The Hall–Kier alpha value is -2.01. The fourth-order valence-corrected chi connectivity index (χ4v) is 2.46. The molecule has 1 amide bonds. The number of aromatic nitrogens is 1. The summed E-state index contributed by atoms with van der Waals surface area (Å²) >= 11 is 1.52. The highest BCUT2D eigenvalue weighted by atomic mass is 32.2. The molecule has 1 aromatic heterocycles. The number of thioether (sulfide) groups is 1. The number of nitrogens with one attached hydrogen (secondary N) is 1. The summed E-state index contributed by atoms with van der Waals surface area (Å²) in [5.41, 5.74) is 1.84. The van der Waals surface area contributed by atoms with Crippen LogP contribution in [0.25, 0.3) is 0 Å². The number of hydrogen-bond donors (Lipinski definition) is 1. The number of hydrogen-bond acceptors (Lipinski definition) is 4. The molecule has 0 bridgehead atoms. The summed E-state index contributed by atoms with van der Waals surface area (Å²) < 4.78 is 4.96. The van der Waals surface area contributed by atoms with Crippen molar-refractivity contribution in [3.63, 3.8) is 0 Å². The molecule has 0 unspecified atom stereocenters. The van der Waals surface area contributed by atoms with Crippen molar-refractivity contribution in [1.82, 2.24) is 4.98 Å². The average Bonchev–Trinajstić information content (AvgIpc) is 2.47. The lowest BCUT2D eigenvalue weighted by Gasteiger charge is -2.07. The third-order valence-corrected chi connectivity index (χ3v) is 3.86. The second-order valence-electron chi connectivity index (χ2n) is 4.19. The highest BCUT2D eigenvalue weighted by molar-refractivity contribution is 8.00. The van der Waals surface area contributed by atoms with Gasteiger partial charge in [0.2, 0.25) is 11.8 Å². The van der Waals surface area contributed by atoms with Gasteiger partial charge < -0.3 is 10.1 Å². The maximum Gasteiger partial charge on any atom is 0.234 e. The minimum atomic E-state index is -0.0507. The van der Waals surface area contributed by atoms with E-state index in [0.29, 0.717) is 17.3 Å². The van der Waals surface area contributed by atoms with Gasteiger partial charge in [0.05, 0.1) is 24.7 Å². The fraction of sp³-hybridized carbons (Fsp3) is 0.200. The van der Waals surface area contributed by atoms with Crippen LogP contribution >= 0.6 is 11.8 Å². The molecule has 0 atom stereocenters. The van der Waals surface area contributed by atoms with Gasteiger partial charge in [-0.25, -0.2) is 4.98 Å². The van der Waals surface area contributed by atoms with Crippen LogP contribution in [0.2, 0.25) is 0 Å². The molecule has 2 rings (SSSR count). The highest BCUT2D eigenvalue weighted by Gasteiger charge is 2.05. The number of anilines is 1. The molecule has 104 valence electrons. The largest absolute Gasteiger partial charge is 0.481 e. The van der Waals surface area contributed by atoms with Crippen molar-refractivity contribution in [2.75, 3.05) is 18.2 Å². The van der Waals surface area contributed by atoms with Gasteiger partial charge in [-0.3, -0.25) is 4.79 Å². The van der Waals surface area contributed by atoms with Gasteiger partial charge >= 0.3 is 0 Å². The third kappa shape index (κ3) is 3.99. The Morgan fingerprint density at radius 2 is 2.10 bits per heavy atom. The zero-order chi connectivity index (χ0) is 14.4. The summed E-state index contributed by atoms with van der Waals surface area (Å²) in [7, 11) is 1.55. The normalized spacial score (nSPS) is 10.1. The minimum Gasteiger partial charge on any atom is -0.481 e. The molecule has 0 saturated carbocycles. The Morgan fingerprint density at radius 3 is 2.75 bits per heavy atom. The van der Waals surface area contributed by atoms with Gasteiger partial charge in [-0.2, -0.15) is 0 Å². The van der Waals surface area contributed by atoms with E-state index in [1.807, 2.05) is 31.2 Å². The first kappa shape index (κ1) is 14.4. The van der Waals surface area contributed by atoms with Crippen molar-refractivity contribution in [1.29, 1.82) is 0 Å². The van der Waals surface area contributed by atoms with Crippen LogP contribution < -0.4 is 10.1 Å². The number of carbonyl (C=O) groups excluding carboxylic acids is 1. The smallest absolute Gasteiger partial charge is 0.234 e. The van der Waals surface area contributed by atoms with Crippen LogP contribution in [0.4, 0.5) is 5.69 Å². The first-order valence-electron chi connectivity index (χ1n) is 6.17. The van der Waals surface area contributed by atoms with Crippen LogP contribution in [-0.4, -0.2) is 23.8 Å². The molecular weight excluding hydrogens is 272 g/mol. The molecule has 4 nitrogen and oxygen atoms in total. The topological polar surface area (TPSA) is 51.2 Å². The first-order chi connectivity index (χ1) is 9.69. The summed E-state index contributed by atoms with van der Waals surface area (Å²) in [4.78, 5) is 17.0. The molecule has 1 N–H and O–H groups in total. The second kappa shape index (κ2) is 6.96. The molecule has 0 aliphatic rings. The lowest BCUT2D eigenvalue weighted by atomic mass is 10.2. The molecule has 2 aromatic rings. The molecule has 0 fully saturated rings. The van der Waals surface area contributed by atoms with Crippen molar-refractivity contribution in [3.8, 4) is 5.88 Å². The van der Waals surface area contributed by atoms with Gasteiger partial charge in [-0.05, 0) is 24.6 Å². The standard InChI is InChI=1S/C15H16N2O2S/c1-11-5-3-4-6-13(11)20-10-14(18)17-12-7-8-15(19-2)16-9-12/h3-9H,10H2,1-2H3,(H,17,18). The Morgan fingerprint density at radius 1 is 1.30 bits per heavy atom. The molecule has 0 radical (unpaired) electrons. The van der Waals surface area contributed by atoms with Crippen molar-refractivity contribution in [2.24, 2.45) is 0 Å². The molecule has 0 aliphatic carbocycles. The Labute approximate surface area is 122 Å². The predicted octanol–water partition coefficient (Wildman–Crippen LogP) is 3.13. The van der Waals surface area contributed by atoms with Crippen molar-refractivity contribution in [2.45, 2.75) is 11.8 Å². The Kier molecular flexibility index (Phi) is 5.01. The number of benzene rings is 1. The van der Waals surface area contributed by atoms with Crippen LogP contribution in [0.5, 0.6) is 5.88 Å². The number of rotatable bonds is 5. The predicted molar refractivity (Wildman–Crippen MR) is 81.3 cm³/mol. The van der Waals surface area contributed by atoms with Crippen LogP contribution in [-0.2, 0) is 4.79 Å². The van der Waals surface area contributed by atoms with E-state index in [1.54, 1.807) is 25.4 Å². The highest BCUT2D eigenvalue weighted by Crippen LogP contribution is 2.22. The monoisotopic (exact) mass is 288 g/mol. The summed E-state index contributed by atoms with van der Waals surface area (Å²) in [6.45, 7) is 2.04. The second-order valence-corrected chi connectivity index (χ2v) is 5.21. The van der Waals surface area contributed by atoms with Crippen molar-refractivity contribution >= 4 is 23.4 Å². The van der Waals surface area contributed by atoms with Crippen LogP contribution in [0.1, 0.15) is 5.56 Å². The molecule has 0 saturated heterocycles. The Balaban J connectivity index is 1.87. The number of ether oxygens (including phenoxy) is 1.